The van der Waals surface area contributed by atoms with Crippen molar-refractivity contribution in [2.45, 2.75) is 75.7 Å². The zero-order valence-electron chi connectivity index (χ0n) is 29.8. The molecule has 0 amide bonds. The van der Waals surface area contributed by atoms with E-state index in [1.165, 1.54) is 45.8 Å². The molecule has 2 aromatic carbocycles. The van der Waals surface area contributed by atoms with E-state index in [0.29, 0.717) is 18.4 Å². The quantitative estimate of drug-likeness (QED) is 0.104. The van der Waals surface area contributed by atoms with Gasteiger partial charge in [-0.2, -0.15) is 18.3 Å². The molecular formula is C37H39Cl5F3N3O4S. The van der Waals surface area contributed by atoms with E-state index in [-0.39, 0.29) is 67.5 Å². The van der Waals surface area contributed by atoms with Gasteiger partial charge in [-0.1, -0.05) is 103 Å². The Morgan fingerprint density at radius 2 is 1.45 bits per heavy atom. The summed E-state index contributed by atoms with van der Waals surface area (Å²) < 4.78 is 55.2. The molecule has 0 saturated heterocycles. The van der Waals surface area contributed by atoms with Crippen LogP contribution in [-0.2, 0) is 22.9 Å². The van der Waals surface area contributed by atoms with Gasteiger partial charge in [0.2, 0.25) is 5.88 Å². The summed E-state index contributed by atoms with van der Waals surface area (Å²) in [7, 11) is 0. The van der Waals surface area contributed by atoms with E-state index in [1.807, 2.05) is 20.8 Å². The highest BCUT2D eigenvalue weighted by Gasteiger charge is 2.30. The normalized spacial score (nSPS) is 11.7. The van der Waals surface area contributed by atoms with Crippen molar-refractivity contribution in [1.29, 1.82) is 0 Å². The summed E-state index contributed by atoms with van der Waals surface area (Å²) in [6.45, 7) is 12.9. The van der Waals surface area contributed by atoms with Gasteiger partial charge in [0.25, 0.3) is 5.56 Å². The van der Waals surface area contributed by atoms with Gasteiger partial charge in [-0.25, -0.2) is 9.67 Å². The molecule has 2 aromatic heterocycles. The molecule has 16 heteroatoms. The molecule has 0 N–H and O–H groups in total. The third kappa shape index (κ3) is 14.4. The first-order valence-corrected chi connectivity index (χ1v) is 19.0. The highest BCUT2D eigenvalue weighted by molar-refractivity contribution is 7.98. The fourth-order valence-electron chi connectivity index (χ4n) is 4.26. The lowest BCUT2D eigenvalue weighted by Crippen LogP contribution is -2.36. The topological polar surface area (TPSA) is 75.5 Å². The maximum atomic E-state index is 12.5. The van der Waals surface area contributed by atoms with Crippen molar-refractivity contribution in [3.8, 4) is 17.4 Å². The molecule has 0 radical (unpaired) electrons. The Morgan fingerprint density at radius 1 is 0.849 bits per heavy atom. The van der Waals surface area contributed by atoms with Crippen LogP contribution in [0.1, 0.15) is 64.7 Å². The zero-order chi connectivity index (χ0) is 39.6. The minimum Gasteiger partial charge on any atom is -0.490 e. The molecule has 0 saturated carbocycles. The second-order valence-corrected chi connectivity index (χ2v) is 16.6. The summed E-state index contributed by atoms with van der Waals surface area (Å²) >= 11 is 31.1. The van der Waals surface area contributed by atoms with Crippen molar-refractivity contribution in [1.82, 2.24) is 14.8 Å². The summed E-state index contributed by atoms with van der Waals surface area (Å²) in [5.74, 6) is 1.53. The first-order valence-electron chi connectivity index (χ1n) is 16.1. The molecule has 0 aliphatic rings. The molecular weight excluding hydrogens is 817 g/mol. The summed E-state index contributed by atoms with van der Waals surface area (Å²) in [6, 6.07) is 13.7. The minimum atomic E-state index is -4.44. The van der Waals surface area contributed by atoms with Crippen molar-refractivity contribution in [2.75, 3.05) is 19.8 Å². The van der Waals surface area contributed by atoms with Crippen LogP contribution in [0.5, 0.6) is 17.4 Å². The first-order chi connectivity index (χ1) is 24.7. The summed E-state index contributed by atoms with van der Waals surface area (Å²) in [6.07, 6.45) is -0.158. The van der Waals surface area contributed by atoms with Crippen LogP contribution in [0.2, 0.25) is 15.1 Å². The maximum absolute atomic E-state index is 12.5. The Hall–Kier alpha value is -2.80. The summed E-state index contributed by atoms with van der Waals surface area (Å²) in [4.78, 5) is 16.7. The molecule has 0 unspecified atom stereocenters. The fraction of sp³-hybridized carbons (Fsp3) is 0.378. The van der Waals surface area contributed by atoms with E-state index in [0.717, 1.165) is 22.8 Å². The fourth-order valence-corrected chi connectivity index (χ4v) is 6.11. The van der Waals surface area contributed by atoms with Crippen molar-refractivity contribution in [3.05, 3.63) is 114 Å². The third-order valence-electron chi connectivity index (χ3n) is 7.04. The number of aromatic nitrogens is 3. The van der Waals surface area contributed by atoms with E-state index in [2.05, 4.69) is 55.1 Å². The average molecular weight is 856 g/mol. The molecule has 0 spiro atoms. The van der Waals surface area contributed by atoms with Crippen LogP contribution in [0.4, 0.5) is 13.2 Å². The number of benzene rings is 2. The van der Waals surface area contributed by atoms with Crippen LogP contribution in [0.15, 0.2) is 81.2 Å². The molecule has 0 fully saturated rings. The first kappa shape index (κ1) is 44.6. The van der Waals surface area contributed by atoms with Crippen LogP contribution < -0.4 is 19.8 Å². The number of hydrogen-bond donors (Lipinski definition) is 0. The Labute approximate surface area is 336 Å². The van der Waals surface area contributed by atoms with Gasteiger partial charge < -0.3 is 14.2 Å². The van der Waals surface area contributed by atoms with E-state index in [9.17, 15) is 18.0 Å². The molecule has 4 aromatic rings. The predicted molar refractivity (Wildman–Crippen MR) is 210 cm³/mol. The Balaban J connectivity index is 0.000000290. The lowest BCUT2D eigenvalue weighted by molar-refractivity contribution is -0.137. The molecule has 288 valence electrons. The van der Waals surface area contributed by atoms with Crippen LogP contribution in [0.25, 0.3) is 0 Å². The number of pyridine rings is 1. The lowest BCUT2D eigenvalue weighted by Gasteiger charge is -2.21. The Morgan fingerprint density at radius 3 is 1.98 bits per heavy atom. The van der Waals surface area contributed by atoms with Crippen molar-refractivity contribution in [2.24, 2.45) is 0 Å². The van der Waals surface area contributed by atoms with Gasteiger partial charge in [0.1, 0.15) is 21.9 Å². The number of hydrogen-bond acceptors (Lipinski definition) is 7. The molecule has 0 aliphatic heterocycles. The van der Waals surface area contributed by atoms with Crippen LogP contribution in [0, 0.1) is 0 Å². The number of rotatable bonds is 12. The lowest BCUT2D eigenvalue weighted by atomic mass is 9.87. The SMILES string of the molecule is CC(C)(C)c1ccc(CSc2cnn(C(C)(C)C)c(=O)c2Cl)cc1.FC(F)(F)c1ccc(OCCCOc2c(Cl)cc(OCC=C(Cl)Cl)cc2Cl)nc1. The Bertz CT molecular complexity index is 1870. The number of thioether (sulfide) groups is 1. The van der Waals surface area contributed by atoms with E-state index >= 15 is 0 Å². The summed E-state index contributed by atoms with van der Waals surface area (Å²) in [5, 5.41) is 5.01. The van der Waals surface area contributed by atoms with Gasteiger partial charge in [-0.05, 0) is 49.5 Å². The van der Waals surface area contributed by atoms with Gasteiger partial charge in [0.05, 0.1) is 45.5 Å². The van der Waals surface area contributed by atoms with Crippen LogP contribution in [0.3, 0.4) is 0 Å². The van der Waals surface area contributed by atoms with Crippen molar-refractivity contribution in [3.63, 3.8) is 0 Å². The van der Waals surface area contributed by atoms with Gasteiger partial charge >= 0.3 is 6.18 Å². The van der Waals surface area contributed by atoms with Gasteiger partial charge in [-0.15, -0.1) is 11.8 Å². The van der Waals surface area contributed by atoms with Gasteiger partial charge in [0, 0.05) is 36.6 Å². The molecule has 0 aliphatic carbocycles. The highest BCUT2D eigenvalue weighted by atomic mass is 35.5. The van der Waals surface area contributed by atoms with Crippen LogP contribution in [-0.4, -0.2) is 34.6 Å². The molecule has 53 heavy (non-hydrogen) atoms. The minimum absolute atomic E-state index is 0.0795. The Kier molecular flexibility index (Phi) is 16.6. The predicted octanol–water partition coefficient (Wildman–Crippen LogP) is 12.2. The largest absolute Gasteiger partial charge is 0.490 e. The maximum Gasteiger partial charge on any atom is 0.417 e. The molecule has 7 nitrogen and oxygen atoms in total. The van der Waals surface area contributed by atoms with Crippen molar-refractivity contribution >= 4 is 69.8 Å². The standard InChI is InChI=1S/C19H25ClN2OS.C18H14Cl4F3NO3/c1-18(2,3)14-9-7-13(8-10-14)12-24-15-11-21-22(19(4,5)6)17(23)16(15)20;19-13-8-12(27-7-4-15(21)22)9-14(20)17(13)29-6-1-5-28-16-3-2-11(10-26-16)18(23,24)25/h7-11H,12H2,1-6H3;2-4,8-10H,1,5-7H2. The average Bonchev–Trinajstić information content (AvgIpc) is 3.05. The number of nitrogens with zero attached hydrogens (tertiary/aromatic N) is 3. The molecule has 2 heterocycles. The van der Waals surface area contributed by atoms with E-state index in [4.69, 9.17) is 72.2 Å². The smallest absolute Gasteiger partial charge is 0.417 e. The van der Waals surface area contributed by atoms with Crippen LogP contribution >= 0.6 is 69.8 Å². The van der Waals surface area contributed by atoms with Gasteiger partial charge in [0.15, 0.2) is 5.75 Å². The number of alkyl halides is 3. The zero-order valence-corrected chi connectivity index (χ0v) is 34.4. The highest BCUT2D eigenvalue weighted by Crippen LogP contribution is 2.37. The molecule has 0 bridgehead atoms. The van der Waals surface area contributed by atoms with Gasteiger partial charge in [-0.3, -0.25) is 4.79 Å². The van der Waals surface area contributed by atoms with Crippen molar-refractivity contribution < 1.29 is 27.4 Å². The number of ether oxygens (including phenoxy) is 3. The number of halogens is 8. The second kappa shape index (κ2) is 19.7. The van der Waals surface area contributed by atoms with E-state index in [1.54, 1.807) is 6.20 Å². The monoisotopic (exact) mass is 853 g/mol. The third-order valence-corrected chi connectivity index (χ3v) is 9.49. The van der Waals surface area contributed by atoms with E-state index < -0.39 is 11.7 Å². The second-order valence-electron chi connectivity index (χ2n) is 13.4. The molecule has 0 atom stereocenters. The summed E-state index contributed by atoms with van der Waals surface area (Å²) in [5.41, 5.74) is 1.19. The molecule has 4 rings (SSSR count).